The number of rotatable bonds is 2. The molecule has 0 unspecified atom stereocenters. The third kappa shape index (κ3) is 1.96. The molecule has 2 aromatic rings. The van der Waals surface area contributed by atoms with Gasteiger partial charge in [-0.2, -0.15) is 0 Å². The Labute approximate surface area is 128 Å². The standard InChI is InChI=1S/C20H19Si/c1-21(2)19-12-11-17-16-10-6-5-9-15(16)13-18(17)20(19)14-7-3-4-8-14/h3-7,9-12H,8,13H2,1-2H3. The molecule has 0 aliphatic heterocycles. The number of fused-ring (bicyclic) bond motifs is 3. The Hall–Kier alpha value is -1.86. The Balaban J connectivity index is 1.96. The first-order valence-electron chi connectivity index (χ1n) is 7.66. The molecule has 0 aromatic heterocycles. The molecule has 2 aromatic carbocycles. The van der Waals surface area contributed by atoms with E-state index < -0.39 is 8.80 Å². The molecular formula is C20H19Si. The summed E-state index contributed by atoms with van der Waals surface area (Å²) in [7, 11) is -0.454. The van der Waals surface area contributed by atoms with Gasteiger partial charge in [-0.1, -0.05) is 72.9 Å². The fraction of sp³-hybridized carbons (Fsp3) is 0.200. The number of allylic oxidation sites excluding steroid dienone is 4. The SMILES string of the molecule is C[Si](C)c1ccc2c(c1C1=CC=CC1)Cc1ccccc1-2. The first-order chi connectivity index (χ1) is 10.3. The normalized spacial score (nSPS) is 15.3. The maximum absolute atomic E-state index is 2.40. The molecule has 4 rings (SSSR count). The van der Waals surface area contributed by atoms with E-state index in [1.54, 1.807) is 16.3 Å². The molecule has 0 heterocycles. The molecule has 0 saturated heterocycles. The van der Waals surface area contributed by atoms with Gasteiger partial charge in [0.25, 0.3) is 0 Å². The largest absolute Gasteiger partial charge is 0.0801 e. The molecule has 1 heteroatoms. The zero-order valence-electron chi connectivity index (χ0n) is 12.6. The van der Waals surface area contributed by atoms with Crippen molar-refractivity contribution in [2.75, 3.05) is 0 Å². The molecule has 0 N–H and O–H groups in total. The van der Waals surface area contributed by atoms with Gasteiger partial charge < -0.3 is 0 Å². The molecule has 0 fully saturated rings. The smallest absolute Gasteiger partial charge is 0.0799 e. The van der Waals surface area contributed by atoms with Gasteiger partial charge in [-0.05, 0) is 46.2 Å². The summed E-state index contributed by atoms with van der Waals surface area (Å²) < 4.78 is 0. The van der Waals surface area contributed by atoms with Gasteiger partial charge in [-0.3, -0.25) is 0 Å². The minimum Gasteiger partial charge on any atom is -0.0801 e. The van der Waals surface area contributed by atoms with E-state index >= 15 is 0 Å². The molecule has 0 amide bonds. The lowest BCUT2D eigenvalue weighted by molar-refractivity contribution is 1.24. The van der Waals surface area contributed by atoms with E-state index in [1.807, 2.05) is 0 Å². The molecule has 0 bridgehead atoms. The van der Waals surface area contributed by atoms with Gasteiger partial charge in [0.1, 0.15) is 0 Å². The molecular weight excluding hydrogens is 268 g/mol. The fourth-order valence-corrected chi connectivity index (χ4v) is 4.86. The summed E-state index contributed by atoms with van der Waals surface area (Å²) in [4.78, 5) is 0. The van der Waals surface area contributed by atoms with Crippen LogP contribution in [0.5, 0.6) is 0 Å². The highest BCUT2D eigenvalue weighted by Crippen LogP contribution is 2.40. The lowest BCUT2D eigenvalue weighted by Crippen LogP contribution is -2.27. The Morgan fingerprint density at radius 3 is 2.57 bits per heavy atom. The van der Waals surface area contributed by atoms with Crippen molar-refractivity contribution in [3.63, 3.8) is 0 Å². The molecule has 0 saturated carbocycles. The molecule has 0 nitrogen and oxygen atoms in total. The van der Waals surface area contributed by atoms with Crippen molar-refractivity contribution in [1.82, 2.24) is 0 Å². The summed E-state index contributed by atoms with van der Waals surface area (Å²) in [5.41, 5.74) is 9.02. The Kier molecular flexibility index (Phi) is 2.97. The van der Waals surface area contributed by atoms with Gasteiger partial charge in [-0.25, -0.2) is 0 Å². The van der Waals surface area contributed by atoms with Crippen molar-refractivity contribution in [1.29, 1.82) is 0 Å². The summed E-state index contributed by atoms with van der Waals surface area (Å²) in [5, 5.41) is 1.60. The van der Waals surface area contributed by atoms with Crippen LogP contribution in [0.4, 0.5) is 0 Å². The van der Waals surface area contributed by atoms with E-state index in [4.69, 9.17) is 0 Å². The van der Waals surface area contributed by atoms with Crippen LogP contribution in [0.15, 0.2) is 54.6 Å². The van der Waals surface area contributed by atoms with E-state index in [0.29, 0.717) is 0 Å². The van der Waals surface area contributed by atoms with Gasteiger partial charge in [0, 0.05) is 0 Å². The van der Waals surface area contributed by atoms with Crippen LogP contribution in [-0.2, 0) is 6.42 Å². The number of benzene rings is 2. The average molecular weight is 287 g/mol. The molecule has 103 valence electrons. The topological polar surface area (TPSA) is 0 Å². The van der Waals surface area contributed by atoms with Gasteiger partial charge >= 0.3 is 0 Å². The first kappa shape index (κ1) is 12.8. The first-order valence-corrected chi connectivity index (χ1v) is 10.2. The zero-order chi connectivity index (χ0) is 14.4. The monoisotopic (exact) mass is 287 g/mol. The predicted octanol–water partition coefficient (Wildman–Crippen LogP) is 4.56. The quantitative estimate of drug-likeness (QED) is 0.606. The van der Waals surface area contributed by atoms with Crippen LogP contribution >= 0.6 is 0 Å². The van der Waals surface area contributed by atoms with Crippen LogP contribution in [0.3, 0.4) is 0 Å². The van der Waals surface area contributed by atoms with Crippen LogP contribution in [0.1, 0.15) is 23.1 Å². The molecule has 21 heavy (non-hydrogen) atoms. The van der Waals surface area contributed by atoms with E-state index in [2.05, 4.69) is 67.7 Å². The highest BCUT2D eigenvalue weighted by molar-refractivity contribution is 6.71. The van der Waals surface area contributed by atoms with Crippen molar-refractivity contribution in [2.24, 2.45) is 0 Å². The minimum atomic E-state index is -0.454. The second-order valence-electron chi connectivity index (χ2n) is 6.17. The number of hydrogen-bond donors (Lipinski definition) is 0. The summed E-state index contributed by atoms with van der Waals surface area (Å²) in [5.74, 6) is 0. The van der Waals surface area contributed by atoms with E-state index in [0.717, 1.165) is 12.8 Å². The number of hydrogen-bond acceptors (Lipinski definition) is 0. The van der Waals surface area contributed by atoms with Crippen molar-refractivity contribution in [3.8, 4) is 11.1 Å². The highest BCUT2D eigenvalue weighted by atomic mass is 28.3. The second-order valence-corrected chi connectivity index (χ2v) is 8.71. The molecule has 2 aliphatic rings. The van der Waals surface area contributed by atoms with Crippen LogP contribution in [-0.4, -0.2) is 8.80 Å². The summed E-state index contributed by atoms with van der Waals surface area (Å²) in [6.07, 6.45) is 8.99. The zero-order valence-corrected chi connectivity index (χ0v) is 13.6. The lowest BCUT2D eigenvalue weighted by Gasteiger charge is -2.18. The lowest BCUT2D eigenvalue weighted by atomic mass is 9.95. The van der Waals surface area contributed by atoms with Crippen LogP contribution < -0.4 is 5.19 Å². The van der Waals surface area contributed by atoms with Gasteiger partial charge in [-0.15, -0.1) is 0 Å². The molecule has 0 spiro atoms. The molecule has 1 radical (unpaired) electrons. The van der Waals surface area contributed by atoms with Crippen molar-refractivity contribution >= 4 is 19.6 Å². The van der Waals surface area contributed by atoms with Gasteiger partial charge in [0.2, 0.25) is 0 Å². The van der Waals surface area contributed by atoms with Gasteiger partial charge in [0.15, 0.2) is 0 Å². The van der Waals surface area contributed by atoms with E-state index in [9.17, 15) is 0 Å². The van der Waals surface area contributed by atoms with Crippen LogP contribution in [0.25, 0.3) is 16.7 Å². The molecule has 2 aliphatic carbocycles. The van der Waals surface area contributed by atoms with Gasteiger partial charge in [0.05, 0.1) is 8.80 Å². The Bertz CT molecular complexity index is 778. The third-order valence-electron chi connectivity index (χ3n) is 4.62. The van der Waals surface area contributed by atoms with Crippen LogP contribution in [0.2, 0.25) is 13.1 Å². The van der Waals surface area contributed by atoms with Crippen molar-refractivity contribution < 1.29 is 0 Å². The molecule has 0 atom stereocenters. The summed E-state index contributed by atoms with van der Waals surface area (Å²) >= 11 is 0. The Morgan fingerprint density at radius 1 is 0.952 bits per heavy atom. The maximum Gasteiger partial charge on any atom is 0.0799 e. The average Bonchev–Trinajstić information content (AvgIpc) is 3.13. The van der Waals surface area contributed by atoms with Crippen molar-refractivity contribution in [2.45, 2.75) is 25.9 Å². The predicted molar refractivity (Wildman–Crippen MR) is 93.5 cm³/mol. The second kappa shape index (κ2) is 4.85. The van der Waals surface area contributed by atoms with Crippen LogP contribution in [0, 0.1) is 0 Å². The third-order valence-corrected chi connectivity index (χ3v) is 6.11. The fourth-order valence-electron chi connectivity index (χ4n) is 3.63. The highest BCUT2D eigenvalue weighted by Gasteiger charge is 2.25. The minimum absolute atomic E-state index is 0.454. The van der Waals surface area contributed by atoms with Crippen molar-refractivity contribution in [3.05, 3.63) is 71.3 Å². The van der Waals surface area contributed by atoms with E-state index in [1.165, 1.54) is 22.3 Å². The maximum atomic E-state index is 2.40. The summed E-state index contributed by atoms with van der Waals surface area (Å²) in [6.45, 7) is 4.81. The summed E-state index contributed by atoms with van der Waals surface area (Å²) in [6, 6.07) is 13.6. The van der Waals surface area contributed by atoms with E-state index in [-0.39, 0.29) is 0 Å². The Morgan fingerprint density at radius 2 is 1.81 bits per heavy atom.